The molecule has 1 fully saturated rings. The Morgan fingerprint density at radius 3 is 2.58 bits per heavy atom. The molecule has 1 saturated carbocycles. The van der Waals surface area contributed by atoms with Gasteiger partial charge in [0.05, 0.1) is 12.7 Å². The average molecular weight is 264 g/mol. The predicted molar refractivity (Wildman–Crippen MR) is 70.9 cm³/mol. The molecular formula is C15H20O4. The van der Waals surface area contributed by atoms with E-state index < -0.39 is 5.97 Å². The maximum atomic E-state index is 11.8. The van der Waals surface area contributed by atoms with E-state index >= 15 is 0 Å². The van der Waals surface area contributed by atoms with Crippen molar-refractivity contribution in [2.75, 3.05) is 7.11 Å². The normalized spacial score (nSPS) is 22.8. The average Bonchev–Trinajstić information content (AvgIpc) is 2.45. The fraction of sp³-hybridized carbons (Fsp3) is 0.533. The second kappa shape index (κ2) is 6.57. The van der Waals surface area contributed by atoms with Gasteiger partial charge < -0.3 is 4.74 Å². The van der Waals surface area contributed by atoms with Crippen molar-refractivity contribution in [1.82, 2.24) is 0 Å². The van der Waals surface area contributed by atoms with Crippen molar-refractivity contribution in [3.63, 3.8) is 0 Å². The highest BCUT2D eigenvalue weighted by Crippen LogP contribution is 2.26. The van der Waals surface area contributed by atoms with Crippen LogP contribution in [0.5, 0.6) is 5.75 Å². The van der Waals surface area contributed by atoms with E-state index in [1.54, 1.807) is 31.4 Å². The van der Waals surface area contributed by atoms with Crippen molar-refractivity contribution in [3.05, 3.63) is 29.8 Å². The fourth-order valence-electron chi connectivity index (χ4n) is 2.35. The predicted octanol–water partition coefficient (Wildman–Crippen LogP) is 3.36. The standard InChI is InChI=1S/C15H20O4/c1-11-4-3-5-14(10-11)18-19-15(16)12-6-8-13(17-2)9-7-12/h6-9,11,14H,3-5,10H2,1-2H3. The molecule has 2 rings (SSSR count). The van der Waals surface area contributed by atoms with Crippen LogP contribution in [-0.4, -0.2) is 19.2 Å². The van der Waals surface area contributed by atoms with Crippen molar-refractivity contribution in [3.8, 4) is 5.75 Å². The summed E-state index contributed by atoms with van der Waals surface area (Å²) >= 11 is 0. The Labute approximate surface area is 113 Å². The van der Waals surface area contributed by atoms with Gasteiger partial charge in [-0.1, -0.05) is 19.8 Å². The first-order valence-corrected chi connectivity index (χ1v) is 6.70. The number of hydrogen-bond donors (Lipinski definition) is 0. The number of ether oxygens (including phenoxy) is 1. The number of carbonyl (C=O) groups excluding carboxylic acids is 1. The van der Waals surface area contributed by atoms with Gasteiger partial charge in [0, 0.05) is 0 Å². The molecule has 1 aromatic carbocycles. The van der Waals surface area contributed by atoms with Crippen LogP contribution in [0.2, 0.25) is 0 Å². The molecule has 1 aliphatic rings. The largest absolute Gasteiger partial charge is 0.497 e. The summed E-state index contributed by atoms with van der Waals surface area (Å²) in [7, 11) is 1.58. The molecule has 0 amide bonds. The number of rotatable bonds is 4. The molecule has 0 N–H and O–H groups in total. The van der Waals surface area contributed by atoms with Crippen molar-refractivity contribution < 1.29 is 19.3 Å². The second-order valence-corrected chi connectivity index (χ2v) is 5.09. The van der Waals surface area contributed by atoms with Gasteiger partial charge in [0.25, 0.3) is 0 Å². The first-order valence-electron chi connectivity index (χ1n) is 6.70. The van der Waals surface area contributed by atoms with E-state index in [1.807, 2.05) is 0 Å². The minimum atomic E-state index is -0.458. The Bertz CT molecular complexity index is 413. The molecule has 0 saturated heterocycles. The highest BCUT2D eigenvalue weighted by Gasteiger charge is 2.22. The third-order valence-corrected chi connectivity index (χ3v) is 3.47. The van der Waals surface area contributed by atoms with E-state index in [0.29, 0.717) is 17.2 Å². The smallest absolute Gasteiger partial charge is 0.373 e. The summed E-state index contributed by atoms with van der Waals surface area (Å²) in [4.78, 5) is 21.9. The number of carbonyl (C=O) groups is 1. The molecule has 1 aliphatic carbocycles. The molecule has 4 nitrogen and oxygen atoms in total. The van der Waals surface area contributed by atoms with Crippen molar-refractivity contribution >= 4 is 5.97 Å². The number of benzene rings is 1. The van der Waals surface area contributed by atoms with Gasteiger partial charge in [0.2, 0.25) is 0 Å². The summed E-state index contributed by atoms with van der Waals surface area (Å²) in [5.74, 6) is 0.887. The van der Waals surface area contributed by atoms with Gasteiger partial charge in [-0.25, -0.2) is 4.79 Å². The maximum absolute atomic E-state index is 11.8. The Kier molecular flexibility index (Phi) is 4.80. The molecule has 104 valence electrons. The van der Waals surface area contributed by atoms with E-state index in [9.17, 15) is 4.79 Å². The topological polar surface area (TPSA) is 44.8 Å². The lowest BCUT2D eigenvalue weighted by Gasteiger charge is -2.24. The lowest BCUT2D eigenvalue weighted by atomic mass is 9.89. The van der Waals surface area contributed by atoms with Crippen LogP contribution in [0.1, 0.15) is 43.0 Å². The SMILES string of the molecule is COc1ccc(C(=O)OOC2CCCC(C)C2)cc1. The summed E-state index contributed by atoms with van der Waals surface area (Å²) in [6, 6.07) is 6.76. The molecule has 2 unspecified atom stereocenters. The summed E-state index contributed by atoms with van der Waals surface area (Å²) in [6.45, 7) is 2.20. The highest BCUT2D eigenvalue weighted by molar-refractivity contribution is 5.89. The van der Waals surface area contributed by atoms with E-state index in [4.69, 9.17) is 14.5 Å². The minimum Gasteiger partial charge on any atom is -0.497 e. The quantitative estimate of drug-likeness (QED) is 0.618. The molecular weight excluding hydrogens is 244 g/mol. The molecule has 0 radical (unpaired) electrons. The monoisotopic (exact) mass is 264 g/mol. The molecule has 0 heterocycles. The van der Waals surface area contributed by atoms with E-state index in [0.717, 1.165) is 19.3 Å². The van der Waals surface area contributed by atoms with Gasteiger partial charge in [-0.3, -0.25) is 4.89 Å². The van der Waals surface area contributed by atoms with E-state index in [-0.39, 0.29) is 6.10 Å². The van der Waals surface area contributed by atoms with Crippen LogP contribution in [0.4, 0.5) is 0 Å². The minimum absolute atomic E-state index is 0.0333. The van der Waals surface area contributed by atoms with Gasteiger partial charge in [0.15, 0.2) is 0 Å². The number of methoxy groups -OCH3 is 1. The molecule has 19 heavy (non-hydrogen) atoms. The fourth-order valence-corrected chi connectivity index (χ4v) is 2.35. The summed E-state index contributed by atoms with van der Waals surface area (Å²) < 4.78 is 5.03. The Morgan fingerprint density at radius 1 is 1.21 bits per heavy atom. The van der Waals surface area contributed by atoms with Crippen LogP contribution in [0.25, 0.3) is 0 Å². The first kappa shape index (κ1) is 13.9. The van der Waals surface area contributed by atoms with Crippen LogP contribution in [0.15, 0.2) is 24.3 Å². The van der Waals surface area contributed by atoms with Gasteiger partial charge in [-0.15, -0.1) is 0 Å². The Balaban J connectivity index is 1.83. The zero-order valence-electron chi connectivity index (χ0n) is 11.4. The van der Waals surface area contributed by atoms with Crippen LogP contribution < -0.4 is 4.74 Å². The molecule has 4 heteroatoms. The van der Waals surface area contributed by atoms with Crippen LogP contribution >= 0.6 is 0 Å². The summed E-state index contributed by atoms with van der Waals surface area (Å²) in [6.07, 6.45) is 4.31. The Morgan fingerprint density at radius 2 is 1.95 bits per heavy atom. The lowest BCUT2D eigenvalue weighted by Crippen LogP contribution is -2.23. The highest BCUT2D eigenvalue weighted by atomic mass is 17.2. The second-order valence-electron chi connectivity index (χ2n) is 5.09. The van der Waals surface area contributed by atoms with Crippen molar-refractivity contribution in [2.24, 2.45) is 5.92 Å². The van der Waals surface area contributed by atoms with Crippen LogP contribution in [0, 0.1) is 5.92 Å². The summed E-state index contributed by atoms with van der Waals surface area (Å²) in [5, 5.41) is 0. The van der Waals surface area contributed by atoms with Crippen LogP contribution in [-0.2, 0) is 9.78 Å². The Hall–Kier alpha value is -1.55. The van der Waals surface area contributed by atoms with Gasteiger partial charge >= 0.3 is 5.97 Å². The van der Waals surface area contributed by atoms with Gasteiger partial charge in [-0.05, 0) is 43.0 Å². The van der Waals surface area contributed by atoms with E-state index in [2.05, 4.69) is 6.92 Å². The lowest BCUT2D eigenvalue weighted by molar-refractivity contribution is -0.281. The van der Waals surface area contributed by atoms with Crippen molar-refractivity contribution in [2.45, 2.75) is 38.7 Å². The van der Waals surface area contributed by atoms with Crippen LogP contribution in [0.3, 0.4) is 0 Å². The first-order chi connectivity index (χ1) is 9.19. The molecule has 1 aromatic rings. The molecule has 0 aliphatic heterocycles. The molecule has 0 spiro atoms. The van der Waals surface area contributed by atoms with E-state index in [1.165, 1.54) is 6.42 Å². The van der Waals surface area contributed by atoms with Gasteiger partial charge in [0.1, 0.15) is 11.9 Å². The third kappa shape index (κ3) is 3.96. The number of hydrogen-bond acceptors (Lipinski definition) is 4. The molecule has 2 atom stereocenters. The zero-order chi connectivity index (χ0) is 13.7. The zero-order valence-corrected chi connectivity index (χ0v) is 11.4. The molecule has 0 aromatic heterocycles. The molecule has 0 bridgehead atoms. The third-order valence-electron chi connectivity index (χ3n) is 3.47. The maximum Gasteiger partial charge on any atom is 0.373 e. The summed E-state index contributed by atoms with van der Waals surface area (Å²) in [5.41, 5.74) is 0.463. The van der Waals surface area contributed by atoms with Gasteiger partial charge in [-0.2, -0.15) is 4.89 Å². The van der Waals surface area contributed by atoms with Crippen molar-refractivity contribution in [1.29, 1.82) is 0 Å².